The Bertz CT molecular complexity index is 644. The Balaban J connectivity index is 1.39. The van der Waals surface area contributed by atoms with Crippen molar-refractivity contribution >= 4 is 0 Å². The molecule has 2 aliphatic rings. The van der Waals surface area contributed by atoms with Gasteiger partial charge in [0, 0.05) is 5.56 Å². The van der Waals surface area contributed by atoms with Crippen LogP contribution in [0.3, 0.4) is 0 Å². The molecule has 0 unspecified atom stereocenters. The van der Waals surface area contributed by atoms with E-state index in [-0.39, 0.29) is 0 Å². The summed E-state index contributed by atoms with van der Waals surface area (Å²) in [6.45, 7) is 5.26. The van der Waals surface area contributed by atoms with Crippen LogP contribution in [0.2, 0.25) is 0 Å². The van der Waals surface area contributed by atoms with Gasteiger partial charge < -0.3 is 4.74 Å². The summed E-state index contributed by atoms with van der Waals surface area (Å²) in [5, 5.41) is 0. The Kier molecular flexibility index (Phi) is 8.53. The smallest absolute Gasteiger partial charge is 0.119 e. The molecule has 152 valence electrons. The van der Waals surface area contributed by atoms with Crippen LogP contribution < -0.4 is 4.74 Å². The summed E-state index contributed by atoms with van der Waals surface area (Å²) in [6, 6.07) is 8.12. The van der Waals surface area contributed by atoms with E-state index in [9.17, 15) is 0 Å². The third-order valence-electron chi connectivity index (χ3n) is 6.95. The van der Waals surface area contributed by atoms with Crippen LogP contribution in [-0.2, 0) is 0 Å². The second-order valence-corrected chi connectivity index (χ2v) is 8.87. The second-order valence-electron chi connectivity index (χ2n) is 8.87. The molecule has 1 nitrogen and oxygen atoms in total. The predicted octanol–water partition coefficient (Wildman–Crippen LogP) is 7.41. The lowest BCUT2D eigenvalue weighted by molar-refractivity contribution is 0.154. The zero-order valence-corrected chi connectivity index (χ0v) is 18.0. The van der Waals surface area contributed by atoms with Gasteiger partial charge >= 0.3 is 0 Å². The topological polar surface area (TPSA) is 9.23 Å². The maximum absolute atomic E-state index is 5.62. The summed E-state index contributed by atoms with van der Waals surface area (Å²) in [4.78, 5) is 0. The summed E-state index contributed by atoms with van der Waals surface area (Å²) < 4.78 is 5.62. The monoisotopic (exact) mass is 378 g/mol. The van der Waals surface area contributed by atoms with Gasteiger partial charge in [-0.2, -0.15) is 0 Å². The van der Waals surface area contributed by atoms with Crippen LogP contribution in [0.4, 0.5) is 0 Å². The SMILES string of the molecule is CCCOc1ccc(C#CC=CC2CCC(C3CCC(CC)CC3)CC2)cc1. The van der Waals surface area contributed by atoms with Crippen LogP contribution in [0.1, 0.15) is 83.6 Å². The lowest BCUT2D eigenvalue weighted by atomic mass is 9.69. The normalized spacial score (nSPS) is 27.9. The number of allylic oxidation sites excluding steroid dienone is 2. The van der Waals surface area contributed by atoms with Gasteiger partial charge in [-0.3, -0.25) is 0 Å². The van der Waals surface area contributed by atoms with Crippen LogP contribution in [0, 0.1) is 35.5 Å². The fraction of sp³-hybridized carbons (Fsp3) is 0.630. The highest BCUT2D eigenvalue weighted by atomic mass is 16.5. The molecule has 1 heteroatoms. The molecule has 2 fully saturated rings. The first-order valence-corrected chi connectivity index (χ1v) is 11.7. The fourth-order valence-electron chi connectivity index (χ4n) is 5.04. The minimum absolute atomic E-state index is 0.738. The molecule has 0 aliphatic heterocycles. The molecule has 0 bridgehead atoms. The van der Waals surface area contributed by atoms with Gasteiger partial charge in [-0.05, 0) is 99.0 Å². The quantitative estimate of drug-likeness (QED) is 0.468. The lowest BCUT2D eigenvalue weighted by Crippen LogP contribution is -2.25. The molecule has 0 heterocycles. The summed E-state index contributed by atoms with van der Waals surface area (Å²) in [5.41, 5.74) is 1.06. The van der Waals surface area contributed by atoms with Crippen LogP contribution in [0.5, 0.6) is 5.75 Å². The molecule has 0 radical (unpaired) electrons. The van der Waals surface area contributed by atoms with Crippen LogP contribution >= 0.6 is 0 Å². The second kappa shape index (κ2) is 11.4. The van der Waals surface area contributed by atoms with Crippen molar-refractivity contribution in [2.24, 2.45) is 23.7 Å². The summed E-state index contributed by atoms with van der Waals surface area (Å²) in [5.74, 6) is 11.2. The Morgan fingerprint density at radius 2 is 1.54 bits per heavy atom. The highest BCUT2D eigenvalue weighted by molar-refractivity contribution is 5.40. The average molecular weight is 379 g/mol. The largest absolute Gasteiger partial charge is 0.494 e. The van der Waals surface area contributed by atoms with Gasteiger partial charge in [-0.25, -0.2) is 0 Å². The molecule has 0 aromatic heterocycles. The molecule has 0 amide bonds. The standard InChI is InChI=1S/C27H38O/c1-3-21-28-27-19-13-24(14-20-27)8-6-5-7-23-11-17-26(18-12-23)25-15-9-22(4-2)10-16-25/h5,7,13-14,19-20,22-23,25-26H,3-4,9-12,15-18,21H2,1-2H3. The van der Waals surface area contributed by atoms with Gasteiger partial charge in [-0.1, -0.05) is 51.0 Å². The van der Waals surface area contributed by atoms with E-state index in [2.05, 4.69) is 37.8 Å². The minimum atomic E-state index is 0.738. The molecule has 3 rings (SSSR count). The minimum Gasteiger partial charge on any atom is -0.494 e. The average Bonchev–Trinajstić information content (AvgIpc) is 2.76. The number of ether oxygens (including phenoxy) is 1. The molecule has 1 aromatic rings. The van der Waals surface area contributed by atoms with E-state index >= 15 is 0 Å². The zero-order chi connectivity index (χ0) is 19.6. The van der Waals surface area contributed by atoms with Crippen molar-refractivity contribution in [3.05, 3.63) is 42.0 Å². The van der Waals surface area contributed by atoms with Crippen molar-refractivity contribution in [2.75, 3.05) is 6.61 Å². The molecule has 0 N–H and O–H groups in total. The van der Waals surface area contributed by atoms with Gasteiger partial charge in [0.05, 0.1) is 6.61 Å². The van der Waals surface area contributed by atoms with Crippen LogP contribution in [0.25, 0.3) is 0 Å². The summed E-state index contributed by atoms with van der Waals surface area (Å²) >= 11 is 0. The third-order valence-corrected chi connectivity index (χ3v) is 6.95. The van der Waals surface area contributed by atoms with Gasteiger partial charge in [0.1, 0.15) is 5.75 Å². The summed E-state index contributed by atoms with van der Waals surface area (Å²) in [7, 11) is 0. The molecule has 0 spiro atoms. The maximum atomic E-state index is 5.62. The van der Waals surface area contributed by atoms with Crippen molar-refractivity contribution in [2.45, 2.75) is 78.1 Å². The van der Waals surface area contributed by atoms with E-state index in [1.54, 1.807) is 0 Å². The lowest BCUT2D eigenvalue weighted by Gasteiger charge is -2.37. The van der Waals surface area contributed by atoms with Gasteiger partial charge in [-0.15, -0.1) is 0 Å². The fourth-order valence-corrected chi connectivity index (χ4v) is 5.04. The van der Waals surface area contributed by atoms with Crippen molar-refractivity contribution in [3.8, 4) is 17.6 Å². The predicted molar refractivity (Wildman–Crippen MR) is 119 cm³/mol. The van der Waals surface area contributed by atoms with Gasteiger partial charge in [0.2, 0.25) is 0 Å². The van der Waals surface area contributed by atoms with Crippen molar-refractivity contribution < 1.29 is 4.74 Å². The molecule has 28 heavy (non-hydrogen) atoms. The van der Waals surface area contributed by atoms with Crippen LogP contribution in [0.15, 0.2) is 36.4 Å². The number of hydrogen-bond acceptors (Lipinski definition) is 1. The maximum Gasteiger partial charge on any atom is 0.119 e. The summed E-state index contributed by atoms with van der Waals surface area (Å²) in [6.07, 6.45) is 18.4. The Morgan fingerprint density at radius 3 is 2.14 bits per heavy atom. The van der Waals surface area contributed by atoms with Gasteiger partial charge in [0.25, 0.3) is 0 Å². The van der Waals surface area contributed by atoms with E-state index in [1.807, 2.05) is 24.3 Å². The van der Waals surface area contributed by atoms with E-state index in [0.717, 1.165) is 48.0 Å². The van der Waals surface area contributed by atoms with Gasteiger partial charge in [0.15, 0.2) is 0 Å². The molecule has 0 atom stereocenters. The number of hydrogen-bond donors (Lipinski definition) is 0. The molecule has 0 saturated heterocycles. The first-order chi connectivity index (χ1) is 13.8. The highest BCUT2D eigenvalue weighted by Crippen LogP contribution is 2.42. The first-order valence-electron chi connectivity index (χ1n) is 11.7. The van der Waals surface area contributed by atoms with Crippen molar-refractivity contribution in [3.63, 3.8) is 0 Å². The Morgan fingerprint density at radius 1 is 0.893 bits per heavy atom. The van der Waals surface area contributed by atoms with Crippen LogP contribution in [-0.4, -0.2) is 6.61 Å². The van der Waals surface area contributed by atoms with Crippen molar-refractivity contribution in [1.29, 1.82) is 0 Å². The van der Waals surface area contributed by atoms with E-state index in [1.165, 1.54) is 57.8 Å². The molecular formula is C27H38O. The molecular weight excluding hydrogens is 340 g/mol. The Hall–Kier alpha value is -1.68. The highest BCUT2D eigenvalue weighted by Gasteiger charge is 2.29. The third kappa shape index (κ3) is 6.44. The number of rotatable bonds is 6. The molecule has 2 aliphatic carbocycles. The first kappa shape index (κ1) is 21.0. The van der Waals surface area contributed by atoms with E-state index in [4.69, 9.17) is 4.74 Å². The number of benzene rings is 1. The zero-order valence-electron chi connectivity index (χ0n) is 18.0. The Labute approximate surface area is 173 Å². The van der Waals surface area contributed by atoms with E-state index in [0.29, 0.717) is 0 Å². The molecule has 1 aromatic carbocycles. The van der Waals surface area contributed by atoms with Crippen molar-refractivity contribution in [1.82, 2.24) is 0 Å². The van der Waals surface area contributed by atoms with E-state index < -0.39 is 0 Å². The molecule has 2 saturated carbocycles.